The maximum absolute atomic E-state index is 12.6. The van der Waals surface area contributed by atoms with Gasteiger partial charge in [0.05, 0.1) is 22.9 Å². The van der Waals surface area contributed by atoms with Crippen LogP contribution in [0.1, 0.15) is 25.7 Å². The van der Waals surface area contributed by atoms with E-state index in [1.165, 1.54) is 19.3 Å². The summed E-state index contributed by atoms with van der Waals surface area (Å²) in [5, 5.41) is 8.95. The third kappa shape index (κ3) is 5.20. The fraction of sp³-hybridized carbons (Fsp3) is 0.409. The van der Waals surface area contributed by atoms with Crippen molar-refractivity contribution in [2.75, 3.05) is 32.1 Å². The number of amidine groups is 1. The summed E-state index contributed by atoms with van der Waals surface area (Å²) < 4.78 is 0. The molecule has 0 spiro atoms. The van der Waals surface area contributed by atoms with Gasteiger partial charge in [-0.2, -0.15) is 5.10 Å². The number of hydrogen-bond donors (Lipinski definition) is 1. The van der Waals surface area contributed by atoms with Crippen molar-refractivity contribution in [2.24, 2.45) is 16.0 Å². The number of nitrogens with one attached hydrogen (secondary N) is 1. The van der Waals surface area contributed by atoms with E-state index in [9.17, 15) is 4.79 Å². The fourth-order valence-corrected chi connectivity index (χ4v) is 3.52. The Morgan fingerprint density at radius 3 is 3.03 bits per heavy atom. The molecule has 0 unspecified atom stereocenters. The molecule has 30 heavy (non-hydrogen) atoms. The van der Waals surface area contributed by atoms with Gasteiger partial charge < -0.3 is 10.2 Å². The van der Waals surface area contributed by atoms with Crippen molar-refractivity contribution in [1.29, 1.82) is 0 Å². The van der Waals surface area contributed by atoms with E-state index in [1.54, 1.807) is 23.6 Å². The van der Waals surface area contributed by atoms with Crippen LogP contribution in [0, 0.1) is 5.92 Å². The molecule has 2 aromatic heterocycles. The van der Waals surface area contributed by atoms with Crippen LogP contribution in [0.25, 0.3) is 11.0 Å². The molecule has 2 aliphatic rings. The second-order valence-corrected chi connectivity index (χ2v) is 7.75. The van der Waals surface area contributed by atoms with Crippen LogP contribution < -0.4 is 5.32 Å². The fourth-order valence-electron chi connectivity index (χ4n) is 3.52. The Kier molecular flexibility index (Phi) is 6.32. The predicted octanol–water partition coefficient (Wildman–Crippen LogP) is 2.90. The first-order valence-corrected chi connectivity index (χ1v) is 10.4. The van der Waals surface area contributed by atoms with E-state index < -0.39 is 0 Å². The number of anilines is 1. The number of rotatable bonds is 5. The van der Waals surface area contributed by atoms with E-state index in [0.29, 0.717) is 18.8 Å². The zero-order valence-corrected chi connectivity index (χ0v) is 17.2. The minimum absolute atomic E-state index is 0.111. The number of fused-ring (bicyclic) bond motifs is 1. The van der Waals surface area contributed by atoms with E-state index in [1.807, 2.05) is 24.3 Å². The molecule has 0 atom stereocenters. The maximum Gasteiger partial charge on any atom is 0.245 e. The Morgan fingerprint density at radius 1 is 1.30 bits per heavy atom. The maximum atomic E-state index is 12.6. The highest BCUT2D eigenvalue weighted by Gasteiger charge is 2.20. The summed E-state index contributed by atoms with van der Waals surface area (Å²) in [6, 6.07) is 5.54. The molecular weight excluding hydrogens is 378 g/mol. The lowest BCUT2D eigenvalue weighted by Gasteiger charge is -2.31. The third-order valence-electron chi connectivity index (χ3n) is 5.36. The number of aliphatic imine (C=N–C) groups is 1. The highest BCUT2D eigenvalue weighted by atomic mass is 16.2. The average molecular weight is 406 g/mol. The first kappa shape index (κ1) is 20.0. The topological polar surface area (TPSA) is 86.1 Å². The van der Waals surface area contributed by atoms with Gasteiger partial charge in [-0.3, -0.25) is 19.8 Å². The molecule has 1 N–H and O–H groups in total. The molecule has 2 aromatic rings. The lowest BCUT2D eigenvalue weighted by Crippen LogP contribution is -2.35. The van der Waals surface area contributed by atoms with Crippen LogP contribution in [0.5, 0.6) is 0 Å². The van der Waals surface area contributed by atoms with Gasteiger partial charge in [0.2, 0.25) is 5.91 Å². The van der Waals surface area contributed by atoms with Crippen molar-refractivity contribution in [1.82, 2.24) is 19.9 Å². The van der Waals surface area contributed by atoms with E-state index in [2.05, 4.69) is 38.4 Å². The summed E-state index contributed by atoms with van der Waals surface area (Å²) in [6.45, 7) is 1.46. The molecule has 156 valence electrons. The average Bonchev–Trinajstić information content (AvgIpc) is 2.83. The van der Waals surface area contributed by atoms with Crippen LogP contribution in [0.2, 0.25) is 0 Å². The number of likely N-dealkylation sites (N-methyl/N-ethyl adjacent to an activating group) is 1. The van der Waals surface area contributed by atoms with Crippen molar-refractivity contribution in [3.05, 3.63) is 42.7 Å². The van der Waals surface area contributed by atoms with Crippen LogP contribution in [-0.2, 0) is 4.79 Å². The molecular formula is C22H27N7O. The summed E-state index contributed by atoms with van der Waals surface area (Å²) in [4.78, 5) is 28.1. The second kappa shape index (κ2) is 9.47. The number of carbonyl (C=O) groups excluding carboxylic acids is 1. The Hall–Kier alpha value is -3.29. The predicted molar refractivity (Wildman–Crippen MR) is 119 cm³/mol. The molecule has 3 heterocycles. The highest BCUT2D eigenvalue weighted by molar-refractivity contribution is 5.94. The lowest BCUT2D eigenvalue weighted by molar-refractivity contribution is -0.117. The first-order chi connectivity index (χ1) is 14.7. The summed E-state index contributed by atoms with van der Waals surface area (Å²) >= 11 is 0. The first-order valence-electron chi connectivity index (χ1n) is 10.4. The molecule has 1 aliphatic heterocycles. The van der Waals surface area contributed by atoms with Crippen molar-refractivity contribution in [3.8, 4) is 0 Å². The molecule has 1 aliphatic carbocycles. The van der Waals surface area contributed by atoms with Gasteiger partial charge in [-0.05, 0) is 43.0 Å². The highest BCUT2D eigenvalue weighted by Crippen LogP contribution is 2.26. The number of carbonyl (C=O) groups is 1. The number of hydrazone groups is 1. The van der Waals surface area contributed by atoms with Gasteiger partial charge in [-0.25, -0.2) is 4.99 Å². The van der Waals surface area contributed by atoms with Gasteiger partial charge in [-0.1, -0.05) is 12.5 Å². The van der Waals surface area contributed by atoms with Crippen molar-refractivity contribution in [3.63, 3.8) is 0 Å². The third-order valence-corrected chi connectivity index (χ3v) is 5.36. The number of amides is 1. The molecule has 0 aromatic carbocycles. The second-order valence-electron chi connectivity index (χ2n) is 7.75. The normalized spacial score (nSPS) is 20.8. The number of hydrogen-bond acceptors (Lipinski definition) is 7. The summed E-state index contributed by atoms with van der Waals surface area (Å²) in [6.07, 6.45) is 13.9. The molecule has 1 amide bonds. The standard InChI is InChI=1S/C22H27N7O/c1-28(14-17-6-4-7-17)21-9-2-3-11-26-29(16-25-21)15-22(30)27-18-12-20-19(24-13-18)8-5-10-23-20/h2,5,8-13,17H,3-4,6-7,14-16H2,1H3,(H,27,30)/b9-2-,25-21+,26-11-. The van der Waals surface area contributed by atoms with Crippen LogP contribution in [0.15, 0.2) is 52.8 Å². The lowest BCUT2D eigenvalue weighted by atomic mass is 9.85. The SMILES string of the molecule is CN(CC1CCC1)C1=N/CN(CC(=O)Nc2cnc3cccnc3c2)/N=C\C/C=C\1. The van der Waals surface area contributed by atoms with Crippen LogP contribution in [0.3, 0.4) is 0 Å². The van der Waals surface area contributed by atoms with Gasteiger partial charge in [0.1, 0.15) is 19.0 Å². The zero-order valence-electron chi connectivity index (χ0n) is 17.2. The molecule has 0 radical (unpaired) electrons. The smallest absolute Gasteiger partial charge is 0.245 e. The van der Waals surface area contributed by atoms with Gasteiger partial charge in [0, 0.05) is 32.4 Å². The molecule has 0 saturated heterocycles. The Labute approximate surface area is 176 Å². The van der Waals surface area contributed by atoms with Gasteiger partial charge in [-0.15, -0.1) is 0 Å². The summed E-state index contributed by atoms with van der Waals surface area (Å²) in [7, 11) is 2.08. The summed E-state index contributed by atoms with van der Waals surface area (Å²) in [5.41, 5.74) is 2.15. The van der Waals surface area contributed by atoms with Gasteiger partial charge in [0.15, 0.2) is 0 Å². The Balaban J connectivity index is 1.37. The van der Waals surface area contributed by atoms with E-state index in [-0.39, 0.29) is 12.5 Å². The minimum atomic E-state index is -0.170. The van der Waals surface area contributed by atoms with Crippen LogP contribution >= 0.6 is 0 Å². The quantitative estimate of drug-likeness (QED) is 0.827. The largest absolute Gasteiger partial charge is 0.360 e. The van der Waals surface area contributed by atoms with Crippen molar-refractivity contribution in [2.45, 2.75) is 25.7 Å². The number of allylic oxidation sites excluding steroid dienone is 1. The van der Waals surface area contributed by atoms with Crippen molar-refractivity contribution >= 4 is 34.7 Å². The molecule has 8 nitrogen and oxygen atoms in total. The Morgan fingerprint density at radius 2 is 2.20 bits per heavy atom. The minimum Gasteiger partial charge on any atom is -0.360 e. The molecule has 1 saturated carbocycles. The van der Waals surface area contributed by atoms with Gasteiger partial charge >= 0.3 is 0 Å². The molecule has 0 bridgehead atoms. The van der Waals surface area contributed by atoms with E-state index >= 15 is 0 Å². The molecule has 1 fully saturated rings. The number of nitrogens with zero attached hydrogens (tertiary/aromatic N) is 6. The monoisotopic (exact) mass is 405 g/mol. The number of pyridine rings is 2. The Bertz CT molecular complexity index is 980. The molecule has 4 rings (SSSR count). The van der Waals surface area contributed by atoms with E-state index in [4.69, 9.17) is 4.99 Å². The zero-order chi connectivity index (χ0) is 20.8. The van der Waals surface area contributed by atoms with Crippen molar-refractivity contribution < 1.29 is 4.79 Å². The summed E-state index contributed by atoms with van der Waals surface area (Å²) in [5.74, 6) is 1.53. The molecule has 8 heteroatoms. The van der Waals surface area contributed by atoms with Crippen LogP contribution in [-0.4, -0.2) is 64.6 Å². The van der Waals surface area contributed by atoms with E-state index in [0.717, 1.165) is 29.3 Å². The van der Waals surface area contributed by atoms with Gasteiger partial charge in [0.25, 0.3) is 0 Å². The van der Waals surface area contributed by atoms with Crippen LogP contribution in [0.4, 0.5) is 5.69 Å². The number of aromatic nitrogens is 2.